The van der Waals surface area contributed by atoms with E-state index in [1.54, 1.807) is 0 Å². The van der Waals surface area contributed by atoms with Gasteiger partial charge in [-0.2, -0.15) is 0 Å². The molecule has 18 heavy (non-hydrogen) atoms. The van der Waals surface area contributed by atoms with Gasteiger partial charge in [-0.1, -0.05) is 12.1 Å². The van der Waals surface area contributed by atoms with Crippen molar-refractivity contribution in [1.29, 1.82) is 0 Å². The van der Waals surface area contributed by atoms with Gasteiger partial charge in [0.1, 0.15) is 0 Å². The van der Waals surface area contributed by atoms with Gasteiger partial charge in [0.05, 0.1) is 13.2 Å². The molecule has 1 saturated heterocycles. The Morgan fingerprint density at radius 3 is 2.78 bits per heavy atom. The molecule has 0 unspecified atom stereocenters. The van der Waals surface area contributed by atoms with E-state index in [4.69, 9.17) is 4.74 Å². The van der Waals surface area contributed by atoms with Crippen molar-refractivity contribution in [3.05, 3.63) is 28.7 Å². The molecule has 4 nitrogen and oxygen atoms in total. The zero-order valence-electron chi connectivity index (χ0n) is 10.2. The Labute approximate surface area is 115 Å². The van der Waals surface area contributed by atoms with Crippen LogP contribution < -0.4 is 5.32 Å². The van der Waals surface area contributed by atoms with Gasteiger partial charge in [-0.15, -0.1) is 0 Å². The van der Waals surface area contributed by atoms with Gasteiger partial charge < -0.3 is 15.0 Å². The quantitative estimate of drug-likeness (QED) is 0.926. The Balaban J connectivity index is 1.75. The van der Waals surface area contributed by atoms with E-state index in [1.807, 2.05) is 29.2 Å². The first-order valence-corrected chi connectivity index (χ1v) is 6.90. The summed E-state index contributed by atoms with van der Waals surface area (Å²) in [5, 5.41) is 3.26. The van der Waals surface area contributed by atoms with Gasteiger partial charge in [0.15, 0.2) is 0 Å². The first-order chi connectivity index (χ1) is 8.77. The Hall–Kier alpha value is -1.07. The molecular weight excluding hydrogens is 296 g/mol. The molecule has 1 aromatic carbocycles. The molecular formula is C13H17BrN2O2. The third kappa shape index (κ3) is 3.71. The molecule has 0 bridgehead atoms. The third-order valence-electron chi connectivity index (χ3n) is 2.89. The van der Waals surface area contributed by atoms with Gasteiger partial charge in [0.25, 0.3) is 0 Å². The van der Waals surface area contributed by atoms with Crippen molar-refractivity contribution in [2.24, 2.45) is 0 Å². The summed E-state index contributed by atoms with van der Waals surface area (Å²) in [4.78, 5) is 13.8. The summed E-state index contributed by atoms with van der Waals surface area (Å²) >= 11 is 3.47. The topological polar surface area (TPSA) is 41.6 Å². The summed E-state index contributed by atoms with van der Waals surface area (Å²) in [6.45, 7) is 3.40. The molecule has 5 heteroatoms. The number of carbonyl (C=O) groups excluding carboxylic acids is 1. The lowest BCUT2D eigenvalue weighted by Crippen LogP contribution is -2.41. The minimum absolute atomic E-state index is 0.192. The van der Waals surface area contributed by atoms with Crippen LogP contribution in [0.4, 0.5) is 5.69 Å². The molecule has 2 rings (SSSR count). The smallest absolute Gasteiger partial charge is 0.224 e. The number of nitrogens with one attached hydrogen (secondary N) is 1. The number of carbonyl (C=O) groups is 1. The maximum Gasteiger partial charge on any atom is 0.224 e. The van der Waals surface area contributed by atoms with Crippen molar-refractivity contribution in [3.63, 3.8) is 0 Å². The number of anilines is 1. The standard InChI is InChI=1S/C13H17BrN2O2/c14-11-3-1-2-4-12(11)15-6-5-13(17)16-7-9-18-10-8-16/h1-4,15H,5-10H2. The number of hydrogen-bond donors (Lipinski definition) is 1. The Morgan fingerprint density at radius 2 is 2.06 bits per heavy atom. The predicted molar refractivity (Wildman–Crippen MR) is 74.6 cm³/mol. The van der Waals surface area contributed by atoms with Crippen molar-refractivity contribution in [1.82, 2.24) is 4.90 Å². The summed E-state index contributed by atoms with van der Waals surface area (Å²) in [6, 6.07) is 7.90. The highest BCUT2D eigenvalue weighted by atomic mass is 79.9. The van der Waals surface area contributed by atoms with Gasteiger partial charge in [-0.3, -0.25) is 4.79 Å². The van der Waals surface area contributed by atoms with E-state index >= 15 is 0 Å². The van der Waals surface area contributed by atoms with Crippen LogP contribution in [-0.4, -0.2) is 43.7 Å². The Bertz CT molecular complexity index is 406. The van der Waals surface area contributed by atoms with Crippen LogP contribution in [0.1, 0.15) is 6.42 Å². The molecule has 0 aliphatic carbocycles. The maximum atomic E-state index is 11.9. The highest BCUT2D eigenvalue weighted by molar-refractivity contribution is 9.10. The molecule has 0 saturated carbocycles. The molecule has 1 N–H and O–H groups in total. The molecule has 1 aliphatic rings. The van der Waals surface area contributed by atoms with Crippen LogP contribution in [-0.2, 0) is 9.53 Å². The highest BCUT2D eigenvalue weighted by Gasteiger charge is 2.15. The van der Waals surface area contributed by atoms with Crippen LogP contribution in [0, 0.1) is 0 Å². The van der Waals surface area contributed by atoms with E-state index in [9.17, 15) is 4.79 Å². The molecule has 0 spiro atoms. The fourth-order valence-electron chi connectivity index (χ4n) is 1.88. The number of halogens is 1. The van der Waals surface area contributed by atoms with E-state index in [1.165, 1.54) is 0 Å². The summed E-state index contributed by atoms with van der Waals surface area (Å²) in [7, 11) is 0. The first-order valence-electron chi connectivity index (χ1n) is 6.11. The van der Waals surface area contributed by atoms with Gasteiger partial charge in [-0.05, 0) is 28.1 Å². The van der Waals surface area contributed by atoms with Crippen molar-refractivity contribution >= 4 is 27.5 Å². The SMILES string of the molecule is O=C(CCNc1ccccc1Br)N1CCOCC1. The minimum atomic E-state index is 0.192. The lowest BCUT2D eigenvalue weighted by Gasteiger charge is -2.27. The summed E-state index contributed by atoms with van der Waals surface area (Å²) < 4.78 is 6.24. The molecule has 1 amide bonds. The number of amides is 1. The summed E-state index contributed by atoms with van der Waals surface area (Å²) in [5.74, 6) is 0.192. The highest BCUT2D eigenvalue weighted by Crippen LogP contribution is 2.20. The van der Waals surface area contributed by atoms with Crippen LogP contribution in [0.5, 0.6) is 0 Å². The van der Waals surface area contributed by atoms with Gasteiger partial charge >= 0.3 is 0 Å². The number of nitrogens with zero attached hydrogens (tertiary/aromatic N) is 1. The summed E-state index contributed by atoms with van der Waals surface area (Å²) in [5.41, 5.74) is 1.02. The number of hydrogen-bond acceptors (Lipinski definition) is 3. The molecule has 0 atom stereocenters. The molecule has 1 aromatic rings. The third-order valence-corrected chi connectivity index (χ3v) is 3.58. The average molecular weight is 313 g/mol. The fourth-order valence-corrected chi connectivity index (χ4v) is 2.30. The second kappa shape index (κ2) is 6.75. The van der Waals surface area contributed by atoms with Gasteiger partial charge in [0.2, 0.25) is 5.91 Å². The van der Waals surface area contributed by atoms with E-state index in [0.717, 1.165) is 10.2 Å². The number of rotatable bonds is 4. The summed E-state index contributed by atoms with van der Waals surface area (Å²) in [6.07, 6.45) is 0.515. The molecule has 1 heterocycles. The lowest BCUT2D eigenvalue weighted by atomic mass is 10.3. The molecule has 1 aliphatic heterocycles. The van der Waals surface area contributed by atoms with Crippen LogP contribution in [0.15, 0.2) is 28.7 Å². The number of morpholine rings is 1. The monoisotopic (exact) mass is 312 g/mol. The zero-order valence-corrected chi connectivity index (χ0v) is 11.8. The van der Waals surface area contributed by atoms with Crippen molar-refractivity contribution < 1.29 is 9.53 Å². The van der Waals surface area contributed by atoms with E-state index < -0.39 is 0 Å². The molecule has 0 radical (unpaired) electrons. The second-order valence-electron chi connectivity index (χ2n) is 4.15. The lowest BCUT2D eigenvalue weighted by molar-refractivity contribution is -0.134. The predicted octanol–water partition coefficient (Wildman–Crippen LogP) is 2.11. The van der Waals surface area contributed by atoms with Crippen LogP contribution in [0.3, 0.4) is 0 Å². The number of para-hydroxylation sites is 1. The minimum Gasteiger partial charge on any atom is -0.384 e. The van der Waals surface area contributed by atoms with Gasteiger partial charge in [0, 0.05) is 36.2 Å². The van der Waals surface area contributed by atoms with E-state index in [2.05, 4.69) is 21.2 Å². The first kappa shape index (κ1) is 13.4. The normalized spacial score (nSPS) is 15.5. The number of benzene rings is 1. The number of ether oxygens (including phenoxy) is 1. The van der Waals surface area contributed by atoms with Crippen LogP contribution >= 0.6 is 15.9 Å². The van der Waals surface area contributed by atoms with Gasteiger partial charge in [-0.25, -0.2) is 0 Å². The fraction of sp³-hybridized carbons (Fsp3) is 0.462. The van der Waals surface area contributed by atoms with E-state index in [0.29, 0.717) is 39.3 Å². The molecule has 1 fully saturated rings. The van der Waals surface area contributed by atoms with Crippen LogP contribution in [0.25, 0.3) is 0 Å². The zero-order chi connectivity index (χ0) is 12.8. The maximum absolute atomic E-state index is 11.9. The van der Waals surface area contributed by atoms with Crippen molar-refractivity contribution in [2.45, 2.75) is 6.42 Å². The van der Waals surface area contributed by atoms with Crippen LogP contribution in [0.2, 0.25) is 0 Å². The van der Waals surface area contributed by atoms with Crippen molar-refractivity contribution in [2.75, 3.05) is 38.2 Å². The Kier molecular flexibility index (Phi) is 5.01. The largest absolute Gasteiger partial charge is 0.384 e. The van der Waals surface area contributed by atoms with Crippen molar-refractivity contribution in [3.8, 4) is 0 Å². The molecule has 98 valence electrons. The molecule has 0 aromatic heterocycles. The Morgan fingerprint density at radius 1 is 1.33 bits per heavy atom. The second-order valence-corrected chi connectivity index (χ2v) is 5.00. The van der Waals surface area contributed by atoms with E-state index in [-0.39, 0.29) is 5.91 Å². The average Bonchev–Trinajstić information content (AvgIpc) is 2.42.